The number of nitro groups is 1. The average molecular weight is 530 g/mol. The number of aryl methyl sites for hydroxylation is 1. The molecule has 4 rings (SSSR count). The lowest BCUT2D eigenvalue weighted by Gasteiger charge is -2.28. The highest BCUT2D eigenvalue weighted by molar-refractivity contribution is 8.03. The molecule has 0 aliphatic carbocycles. The number of furan rings is 1. The lowest BCUT2D eigenvalue weighted by Crippen LogP contribution is -2.31. The number of nitriles is 1. The van der Waals surface area contributed by atoms with E-state index in [9.17, 15) is 25.0 Å². The summed E-state index contributed by atoms with van der Waals surface area (Å²) in [4.78, 5) is 36.3. The minimum Gasteiger partial charge on any atom is -0.468 e. The molecule has 0 spiro atoms. The topological polar surface area (TPSA) is 150 Å². The van der Waals surface area contributed by atoms with Crippen molar-refractivity contribution in [3.63, 3.8) is 0 Å². The number of thioether (sulfide) groups is 1. The number of anilines is 2. The van der Waals surface area contributed by atoms with E-state index in [4.69, 9.17) is 4.42 Å². The summed E-state index contributed by atoms with van der Waals surface area (Å²) in [6.07, 6.45) is 1.48. The number of para-hydroxylation sites is 1. The molecular weight excluding hydrogens is 506 g/mol. The molecule has 1 aromatic heterocycles. The minimum absolute atomic E-state index is 0.0482. The molecule has 192 valence electrons. The molecule has 38 heavy (non-hydrogen) atoms. The Labute approximate surface area is 222 Å². The first kappa shape index (κ1) is 26.2. The van der Waals surface area contributed by atoms with Crippen molar-refractivity contribution in [3.05, 3.63) is 110 Å². The van der Waals surface area contributed by atoms with Crippen LogP contribution in [0, 0.1) is 28.4 Å². The number of amides is 2. The van der Waals surface area contributed by atoms with Crippen LogP contribution in [0.3, 0.4) is 0 Å². The number of carbonyl (C=O) groups excluding carboxylic acids is 2. The maximum atomic E-state index is 13.4. The summed E-state index contributed by atoms with van der Waals surface area (Å²) in [6.45, 7) is 3.62. The van der Waals surface area contributed by atoms with Gasteiger partial charge in [-0.05, 0) is 49.7 Å². The van der Waals surface area contributed by atoms with Crippen LogP contribution in [0.15, 0.2) is 93.2 Å². The second-order valence-corrected chi connectivity index (χ2v) is 9.36. The monoisotopic (exact) mass is 529 g/mol. The van der Waals surface area contributed by atoms with E-state index < -0.39 is 10.8 Å². The second kappa shape index (κ2) is 11.5. The Balaban J connectivity index is 1.55. The summed E-state index contributed by atoms with van der Waals surface area (Å²) >= 11 is 1.11. The van der Waals surface area contributed by atoms with Gasteiger partial charge in [-0.2, -0.15) is 5.26 Å². The summed E-state index contributed by atoms with van der Waals surface area (Å²) in [5, 5.41) is 30.1. The third-order valence-corrected chi connectivity index (χ3v) is 6.84. The van der Waals surface area contributed by atoms with E-state index in [2.05, 4.69) is 22.0 Å². The van der Waals surface area contributed by atoms with Crippen molar-refractivity contribution in [1.29, 1.82) is 5.26 Å². The van der Waals surface area contributed by atoms with Crippen molar-refractivity contribution in [2.24, 2.45) is 0 Å². The molecule has 2 amide bonds. The molecule has 3 N–H and O–H groups in total. The lowest BCUT2D eigenvalue weighted by molar-refractivity contribution is -0.384. The van der Waals surface area contributed by atoms with E-state index in [0.717, 1.165) is 17.3 Å². The highest BCUT2D eigenvalue weighted by Crippen LogP contribution is 2.41. The van der Waals surface area contributed by atoms with E-state index >= 15 is 0 Å². The number of allylic oxidation sites excluding steroid dienone is 2. The van der Waals surface area contributed by atoms with Crippen molar-refractivity contribution < 1.29 is 18.9 Å². The number of rotatable bonds is 8. The minimum atomic E-state index is -0.777. The lowest BCUT2D eigenvalue weighted by atomic mass is 9.85. The van der Waals surface area contributed by atoms with Crippen LogP contribution in [0.2, 0.25) is 0 Å². The Hall–Kier alpha value is -4.82. The van der Waals surface area contributed by atoms with Crippen molar-refractivity contribution in [1.82, 2.24) is 5.32 Å². The molecule has 1 aliphatic rings. The van der Waals surface area contributed by atoms with E-state index in [1.165, 1.54) is 30.5 Å². The highest BCUT2D eigenvalue weighted by atomic mass is 32.2. The van der Waals surface area contributed by atoms with Crippen molar-refractivity contribution in [2.45, 2.75) is 19.8 Å². The predicted octanol–water partition coefficient (Wildman–Crippen LogP) is 5.20. The number of nitro benzene ring substituents is 1. The van der Waals surface area contributed by atoms with E-state index in [1.54, 1.807) is 25.1 Å². The van der Waals surface area contributed by atoms with Crippen LogP contribution in [0.1, 0.15) is 24.2 Å². The number of dihydropyridines is 1. The van der Waals surface area contributed by atoms with Gasteiger partial charge < -0.3 is 20.4 Å². The zero-order chi connectivity index (χ0) is 27.2. The molecule has 10 nitrogen and oxygen atoms in total. The number of non-ortho nitro benzene ring substituents is 1. The first-order valence-corrected chi connectivity index (χ1v) is 12.5. The van der Waals surface area contributed by atoms with Crippen LogP contribution in [0.25, 0.3) is 0 Å². The second-order valence-electron chi connectivity index (χ2n) is 8.38. The van der Waals surface area contributed by atoms with Crippen LogP contribution < -0.4 is 16.0 Å². The fourth-order valence-corrected chi connectivity index (χ4v) is 4.86. The quantitative estimate of drug-likeness (QED) is 0.266. The first-order valence-electron chi connectivity index (χ1n) is 11.5. The van der Waals surface area contributed by atoms with Crippen LogP contribution in [-0.2, 0) is 9.59 Å². The molecular formula is C27H23N5O5S. The van der Waals surface area contributed by atoms with Crippen LogP contribution in [0.5, 0.6) is 0 Å². The van der Waals surface area contributed by atoms with Gasteiger partial charge in [0.1, 0.15) is 5.76 Å². The molecule has 2 aromatic carbocycles. The number of nitrogens with zero attached hydrogens (tertiary/aromatic N) is 2. The third kappa shape index (κ3) is 5.77. The zero-order valence-electron chi connectivity index (χ0n) is 20.5. The molecule has 0 unspecified atom stereocenters. The SMILES string of the molecule is CC1=C(C(=O)Nc2ccccc2C)[C@H](c2ccco2)C(C#N)=C(SCC(=O)Nc2ccc([N+](=O)[O-])cc2)N1. The molecule has 2 heterocycles. The van der Waals surface area contributed by atoms with Gasteiger partial charge in [-0.25, -0.2) is 0 Å². The molecule has 0 bridgehead atoms. The van der Waals surface area contributed by atoms with Gasteiger partial charge in [-0.15, -0.1) is 0 Å². The van der Waals surface area contributed by atoms with E-state index in [0.29, 0.717) is 33.4 Å². The molecule has 11 heteroatoms. The van der Waals surface area contributed by atoms with E-state index in [-0.39, 0.29) is 28.8 Å². The Morgan fingerprint density at radius 2 is 1.84 bits per heavy atom. The number of carbonyl (C=O) groups is 2. The number of hydrogen-bond acceptors (Lipinski definition) is 8. The normalized spacial score (nSPS) is 14.9. The van der Waals surface area contributed by atoms with Gasteiger partial charge in [0.2, 0.25) is 5.91 Å². The molecule has 0 radical (unpaired) electrons. The first-order chi connectivity index (χ1) is 18.3. The molecule has 3 aromatic rings. The van der Waals surface area contributed by atoms with Crippen molar-refractivity contribution in [3.8, 4) is 6.07 Å². The smallest absolute Gasteiger partial charge is 0.269 e. The highest BCUT2D eigenvalue weighted by Gasteiger charge is 2.36. The zero-order valence-corrected chi connectivity index (χ0v) is 21.3. The van der Waals surface area contributed by atoms with Crippen LogP contribution >= 0.6 is 11.8 Å². The number of nitrogens with one attached hydrogen (secondary N) is 3. The Morgan fingerprint density at radius 1 is 1.11 bits per heavy atom. The average Bonchev–Trinajstić information content (AvgIpc) is 3.43. The summed E-state index contributed by atoms with van der Waals surface area (Å²) in [5.74, 6) is -1.15. The molecule has 0 saturated heterocycles. The molecule has 0 saturated carbocycles. The Morgan fingerprint density at radius 3 is 2.47 bits per heavy atom. The van der Waals surface area contributed by atoms with Crippen LogP contribution in [-0.4, -0.2) is 22.5 Å². The van der Waals surface area contributed by atoms with Gasteiger partial charge >= 0.3 is 0 Å². The van der Waals surface area contributed by atoms with E-state index in [1.807, 2.05) is 25.1 Å². The van der Waals surface area contributed by atoms with Gasteiger partial charge in [-0.1, -0.05) is 30.0 Å². The van der Waals surface area contributed by atoms with Crippen molar-refractivity contribution in [2.75, 3.05) is 16.4 Å². The molecule has 1 aliphatic heterocycles. The van der Waals surface area contributed by atoms with Gasteiger partial charge in [0, 0.05) is 29.2 Å². The fourth-order valence-electron chi connectivity index (χ4n) is 3.97. The van der Waals surface area contributed by atoms with Gasteiger partial charge in [0.15, 0.2) is 0 Å². The standard InChI is InChI=1S/C27H23N5O5S/c1-16-6-3-4-7-21(16)31-26(34)24-17(2)29-27(20(14-28)25(24)22-8-5-13-37-22)38-15-23(33)30-18-9-11-19(12-10-18)32(35)36/h3-13,25,29H,15H2,1-2H3,(H,30,33)(H,31,34)/t25-/m0/s1. The fraction of sp³-hybridized carbons (Fsp3) is 0.148. The predicted molar refractivity (Wildman–Crippen MR) is 144 cm³/mol. The maximum Gasteiger partial charge on any atom is 0.269 e. The van der Waals surface area contributed by atoms with Crippen molar-refractivity contribution >= 4 is 40.6 Å². The summed E-state index contributed by atoms with van der Waals surface area (Å²) in [5.41, 5.74) is 2.97. The molecule has 1 atom stereocenters. The Kier molecular flexibility index (Phi) is 7.94. The summed E-state index contributed by atoms with van der Waals surface area (Å²) in [7, 11) is 0. The van der Waals surface area contributed by atoms with Crippen LogP contribution in [0.4, 0.5) is 17.1 Å². The van der Waals surface area contributed by atoms with Gasteiger partial charge in [0.05, 0.1) is 45.1 Å². The third-order valence-electron chi connectivity index (χ3n) is 5.82. The van der Waals surface area contributed by atoms with Gasteiger partial charge in [0.25, 0.3) is 11.6 Å². The van der Waals surface area contributed by atoms with Gasteiger partial charge in [-0.3, -0.25) is 19.7 Å². The number of hydrogen-bond donors (Lipinski definition) is 3. The molecule has 0 fully saturated rings. The summed E-state index contributed by atoms with van der Waals surface area (Å²) in [6, 6.07) is 18.4. The Bertz CT molecular complexity index is 1490. The largest absolute Gasteiger partial charge is 0.468 e. The number of benzene rings is 2. The maximum absolute atomic E-state index is 13.4. The summed E-state index contributed by atoms with van der Waals surface area (Å²) < 4.78 is 5.62.